The number of carboxylic acids is 1. The zero-order valence-electron chi connectivity index (χ0n) is 55.1. The number of amides is 9. The van der Waals surface area contributed by atoms with Crippen LogP contribution in [0.5, 0.6) is 5.75 Å². The number of phenols is 1. The summed E-state index contributed by atoms with van der Waals surface area (Å²) in [5, 5.41) is 38.3. The number of anilines is 1. The quantitative estimate of drug-likeness (QED) is 0.0256. The Hall–Kier alpha value is -7.10. The molecule has 0 aromatic heterocycles. The zero-order valence-corrected chi connectivity index (χ0v) is 55.1. The highest BCUT2D eigenvalue weighted by molar-refractivity contribution is 6.12. The van der Waals surface area contributed by atoms with Crippen LogP contribution in [0.2, 0.25) is 0 Å². The van der Waals surface area contributed by atoms with Crippen molar-refractivity contribution in [2.24, 2.45) is 5.92 Å². The van der Waals surface area contributed by atoms with E-state index in [4.69, 9.17) is 52.1 Å². The minimum absolute atomic E-state index is 0.0277. The number of carbonyl (C=O) groups excluding carboxylic acids is 9. The van der Waals surface area contributed by atoms with Crippen molar-refractivity contribution in [1.29, 1.82) is 0 Å². The van der Waals surface area contributed by atoms with Gasteiger partial charge < -0.3 is 94.2 Å². The largest absolute Gasteiger partial charge is 0.506 e. The molecule has 31 heteroatoms. The Labute approximate surface area is 544 Å². The maximum Gasteiger partial charge on any atom is 0.411 e. The minimum Gasteiger partial charge on any atom is -0.506 e. The number of benzene rings is 1. The van der Waals surface area contributed by atoms with E-state index in [-0.39, 0.29) is 108 Å². The van der Waals surface area contributed by atoms with E-state index in [0.717, 1.165) is 29.9 Å². The molecule has 1 aromatic rings. The molecule has 5 atom stereocenters. The number of alkyl carbamates (subject to hydrolysis) is 1. The van der Waals surface area contributed by atoms with Gasteiger partial charge in [-0.05, 0) is 97.3 Å². The number of rotatable bonds is 54. The summed E-state index contributed by atoms with van der Waals surface area (Å²) in [5.74, 6) is -5.35. The summed E-state index contributed by atoms with van der Waals surface area (Å²) in [6.45, 7) is 17.6. The molecular weight excluding hydrogens is 1220 g/mol. The van der Waals surface area contributed by atoms with Gasteiger partial charge >= 0.3 is 18.2 Å². The third-order valence-electron chi connectivity index (χ3n) is 13.1. The molecule has 9 amide bonds. The molecule has 0 spiro atoms. The third-order valence-corrected chi connectivity index (χ3v) is 13.1. The van der Waals surface area contributed by atoms with Gasteiger partial charge in [-0.25, -0.2) is 9.59 Å². The molecule has 1 aliphatic heterocycles. The highest BCUT2D eigenvalue weighted by Gasteiger charge is 2.28. The van der Waals surface area contributed by atoms with E-state index in [1.165, 1.54) is 32.9 Å². The lowest BCUT2D eigenvalue weighted by molar-refractivity contribution is -0.141. The van der Waals surface area contributed by atoms with E-state index in [0.29, 0.717) is 111 Å². The van der Waals surface area contributed by atoms with Crippen molar-refractivity contribution >= 4 is 65.2 Å². The molecule has 528 valence electrons. The molecule has 0 bridgehead atoms. The number of hydrogen-bond donors (Lipinski definition) is 9. The van der Waals surface area contributed by atoms with Gasteiger partial charge in [0.15, 0.2) is 0 Å². The molecule has 0 unspecified atom stereocenters. The van der Waals surface area contributed by atoms with Crippen LogP contribution in [0, 0.1) is 5.92 Å². The van der Waals surface area contributed by atoms with Gasteiger partial charge in [0.05, 0.1) is 124 Å². The molecule has 0 saturated carbocycles. The van der Waals surface area contributed by atoms with Crippen molar-refractivity contribution in [3.05, 3.63) is 35.9 Å². The van der Waals surface area contributed by atoms with E-state index >= 15 is 0 Å². The molecule has 31 nitrogen and oxygen atoms in total. The van der Waals surface area contributed by atoms with Crippen LogP contribution in [0.25, 0.3) is 0 Å². The smallest absolute Gasteiger partial charge is 0.411 e. The normalized spacial score (nSPS) is 13.7. The van der Waals surface area contributed by atoms with E-state index < -0.39 is 83.4 Å². The van der Waals surface area contributed by atoms with E-state index in [9.17, 15) is 58.2 Å². The predicted molar refractivity (Wildman–Crippen MR) is 336 cm³/mol. The Morgan fingerprint density at radius 2 is 1.05 bits per heavy atom. The average Bonchev–Trinajstić information content (AvgIpc) is 2.28. The summed E-state index contributed by atoms with van der Waals surface area (Å²) in [6.07, 6.45) is 3.88. The van der Waals surface area contributed by atoms with Gasteiger partial charge in [-0.15, -0.1) is 0 Å². The summed E-state index contributed by atoms with van der Waals surface area (Å²) in [7, 11) is 0. The van der Waals surface area contributed by atoms with Crippen LogP contribution in [-0.2, 0) is 96.9 Å². The standard InChI is InChI=1S/C62H102N8O23/c1-8-9-19-64-56(76)45(3)65-57(77)46(4)66-58(78)49(68-52(72)14-12-21-70-54(74)17-18-55(70)75)13-10-11-20-63-53(73)43-91-37-36-89-33-32-87-29-28-85-25-24-83-22-23-84-26-27-86-30-31-88-34-35-90-38-39-92-60(81)69-50-42-47(15-16-51(50)71)41-48(40-44(2)59(79)80)67-61(82)93-62(5,6)7/h15-18,42,44-46,48-49,71H,8-14,19-41,43H2,1-7H3,(H,63,73)(H,64,76)(H,65,77)(H,66,78)(H,67,82)(H,68,72)(H,69,81)(H,79,80)/t44-,45-,46-,48+,49-/m0/s1. The number of hydrogen-bond acceptors (Lipinski definition) is 22. The number of carbonyl (C=O) groups is 10. The Balaban J connectivity index is 1.42. The molecule has 0 saturated heterocycles. The summed E-state index contributed by atoms with van der Waals surface area (Å²) in [6, 6.07) is 0.938. The second-order valence-electron chi connectivity index (χ2n) is 22.4. The molecule has 1 aromatic carbocycles. The minimum atomic E-state index is -1.05. The lowest BCUT2D eigenvalue weighted by atomic mass is 9.96. The van der Waals surface area contributed by atoms with Crippen LogP contribution in [-0.4, -0.2) is 250 Å². The van der Waals surface area contributed by atoms with Gasteiger partial charge in [0.2, 0.25) is 29.5 Å². The van der Waals surface area contributed by atoms with E-state index in [1.807, 2.05) is 6.92 Å². The number of imide groups is 1. The Bertz CT molecular complexity index is 2410. The molecular formula is C62H102N8O23. The van der Waals surface area contributed by atoms with Crippen LogP contribution in [0.3, 0.4) is 0 Å². The molecule has 0 radical (unpaired) electrons. The van der Waals surface area contributed by atoms with Crippen LogP contribution < -0.4 is 37.2 Å². The second-order valence-corrected chi connectivity index (χ2v) is 22.4. The van der Waals surface area contributed by atoms with E-state index in [2.05, 4.69) is 37.2 Å². The number of carboxylic acid groups (broad SMARTS) is 1. The van der Waals surface area contributed by atoms with Crippen molar-refractivity contribution in [2.75, 3.05) is 150 Å². The SMILES string of the molecule is CCCCNC(=O)[C@H](C)NC(=O)[C@H](C)NC(=O)[C@H](CCCCNC(=O)COCCOCCOCCOCCOCCOCCOCCOCCOCCOC(=O)Nc1cc(C[C@@H](C[C@H](C)C(=O)O)NC(=O)OC(C)(C)C)ccc1O)NC(=O)CCCN1C(=O)C=CC1=O. The highest BCUT2D eigenvalue weighted by Crippen LogP contribution is 2.26. The molecule has 93 heavy (non-hydrogen) atoms. The number of aliphatic carboxylic acids is 1. The van der Waals surface area contributed by atoms with Crippen molar-refractivity contribution in [2.45, 2.75) is 136 Å². The molecule has 1 heterocycles. The topological polar surface area (TPSA) is 400 Å². The number of aromatic hydroxyl groups is 1. The fourth-order valence-electron chi connectivity index (χ4n) is 8.22. The molecule has 9 N–H and O–H groups in total. The van der Waals surface area contributed by atoms with Crippen LogP contribution in [0.1, 0.15) is 105 Å². The van der Waals surface area contributed by atoms with Gasteiger partial charge in [-0.2, -0.15) is 0 Å². The lowest BCUT2D eigenvalue weighted by Crippen LogP contribution is -2.55. The molecule has 2 rings (SSSR count). The predicted octanol–water partition coefficient (Wildman–Crippen LogP) is 2.04. The van der Waals surface area contributed by atoms with Gasteiger partial charge in [-0.1, -0.05) is 26.3 Å². The first-order chi connectivity index (χ1) is 44.5. The van der Waals surface area contributed by atoms with Gasteiger partial charge in [0.25, 0.3) is 11.8 Å². The lowest BCUT2D eigenvalue weighted by Gasteiger charge is -2.25. The van der Waals surface area contributed by atoms with Gasteiger partial charge in [-0.3, -0.25) is 48.6 Å². The first-order valence-electron chi connectivity index (χ1n) is 31.6. The third kappa shape index (κ3) is 41.3. The van der Waals surface area contributed by atoms with Gasteiger partial charge in [0, 0.05) is 44.2 Å². The Morgan fingerprint density at radius 1 is 0.559 bits per heavy atom. The zero-order chi connectivity index (χ0) is 68.7. The first-order valence-corrected chi connectivity index (χ1v) is 31.6. The number of unbranched alkanes of at least 4 members (excludes halogenated alkanes) is 2. The number of nitrogens with one attached hydrogen (secondary N) is 7. The molecule has 0 fully saturated rings. The first kappa shape index (κ1) is 82.0. The van der Waals surface area contributed by atoms with Crippen LogP contribution in [0.15, 0.2) is 30.4 Å². The van der Waals surface area contributed by atoms with Crippen molar-refractivity contribution in [3.63, 3.8) is 0 Å². The van der Waals surface area contributed by atoms with Crippen molar-refractivity contribution in [1.82, 2.24) is 36.8 Å². The monoisotopic (exact) mass is 1330 g/mol. The average molecular weight is 1330 g/mol. The fourth-order valence-corrected chi connectivity index (χ4v) is 8.22. The van der Waals surface area contributed by atoms with Crippen molar-refractivity contribution < 1.29 is 110 Å². The van der Waals surface area contributed by atoms with E-state index in [1.54, 1.807) is 26.8 Å². The van der Waals surface area contributed by atoms with Crippen LogP contribution >= 0.6 is 0 Å². The van der Waals surface area contributed by atoms with Crippen molar-refractivity contribution in [3.8, 4) is 5.75 Å². The maximum absolute atomic E-state index is 13.4. The summed E-state index contributed by atoms with van der Waals surface area (Å²) < 4.78 is 59.8. The fraction of sp³-hybridized carbons (Fsp3) is 0.710. The van der Waals surface area contributed by atoms with Gasteiger partial charge in [0.1, 0.15) is 42.7 Å². The Morgan fingerprint density at radius 3 is 1.57 bits per heavy atom. The number of ether oxygens (including phenoxy) is 11. The molecule has 0 aliphatic carbocycles. The number of phenolic OH excluding ortho intramolecular Hbond substituents is 1. The second kappa shape index (κ2) is 49.5. The maximum atomic E-state index is 13.4. The number of nitrogens with zero attached hydrogens (tertiary/aromatic N) is 1. The van der Waals surface area contributed by atoms with Crippen LogP contribution in [0.4, 0.5) is 15.3 Å². The summed E-state index contributed by atoms with van der Waals surface area (Å²) in [4.78, 5) is 125. The Kier molecular flexibility index (Phi) is 43.6. The summed E-state index contributed by atoms with van der Waals surface area (Å²) in [5.41, 5.74) is -0.0785. The highest BCUT2D eigenvalue weighted by atomic mass is 16.6. The molecule has 1 aliphatic rings. The summed E-state index contributed by atoms with van der Waals surface area (Å²) >= 11 is 0.